The van der Waals surface area contributed by atoms with E-state index in [-0.39, 0.29) is 14.3 Å². The normalized spacial score (nSPS) is 11.3. The van der Waals surface area contributed by atoms with Crippen LogP contribution >= 0.6 is 8.58 Å². The van der Waals surface area contributed by atoms with Crippen LogP contribution in [0.4, 0.5) is 8.78 Å². The van der Waals surface area contributed by atoms with Crippen molar-refractivity contribution in [2.75, 3.05) is 0 Å². The van der Waals surface area contributed by atoms with E-state index in [1.165, 1.54) is 12.1 Å². The summed E-state index contributed by atoms with van der Waals surface area (Å²) in [5.74, 6) is -1.02. The van der Waals surface area contributed by atoms with E-state index in [2.05, 4.69) is 12.1 Å². The molecule has 0 amide bonds. The van der Waals surface area contributed by atoms with E-state index < -0.39 is 11.6 Å². The quantitative estimate of drug-likeness (QED) is 0.411. The number of phenolic OH excluding ortho intramolecular Hbond substituents is 1. The lowest BCUT2D eigenvalue weighted by atomic mass is 9.98. The molecule has 0 aliphatic heterocycles. The summed E-state index contributed by atoms with van der Waals surface area (Å²) in [5.41, 5.74) is 4.11. The van der Waals surface area contributed by atoms with Gasteiger partial charge in [0.05, 0.1) is 0 Å². The van der Waals surface area contributed by atoms with Crippen LogP contribution in [0.25, 0.3) is 0 Å². The third-order valence-corrected chi connectivity index (χ3v) is 6.26. The highest BCUT2D eigenvalue weighted by Crippen LogP contribution is 2.28. The monoisotopic (exact) mass is 418 g/mol. The van der Waals surface area contributed by atoms with Gasteiger partial charge in [0.2, 0.25) is 0 Å². The summed E-state index contributed by atoms with van der Waals surface area (Å²) in [4.78, 5) is 0. The van der Waals surface area contributed by atoms with Crippen molar-refractivity contribution >= 4 is 19.2 Å². The average molecular weight is 418 g/mol. The fourth-order valence-electron chi connectivity index (χ4n) is 3.48. The van der Waals surface area contributed by atoms with Gasteiger partial charge in [-0.05, 0) is 46.9 Å². The second-order valence-electron chi connectivity index (χ2n) is 7.23. The molecular formula is C26H21F2OP. The minimum Gasteiger partial charge on any atom is -0.507 e. The van der Waals surface area contributed by atoms with Gasteiger partial charge in [-0.15, -0.1) is 0 Å². The van der Waals surface area contributed by atoms with Crippen LogP contribution in [0.1, 0.15) is 22.3 Å². The zero-order valence-electron chi connectivity index (χ0n) is 16.3. The number of aromatic hydroxyl groups is 1. The molecule has 0 aliphatic carbocycles. The number of rotatable bonds is 6. The van der Waals surface area contributed by atoms with Gasteiger partial charge in [-0.3, -0.25) is 0 Å². The van der Waals surface area contributed by atoms with E-state index in [9.17, 15) is 13.9 Å². The van der Waals surface area contributed by atoms with Crippen molar-refractivity contribution in [2.24, 2.45) is 0 Å². The second kappa shape index (κ2) is 9.19. The standard InChI is InChI=1S/C26H21F2OP/c27-22-11-12-24(23(28)17-22)30-25-16-20(13-18-7-3-1-4-8-18)15-21(26(25)29)14-19-9-5-2-6-10-19/h1-12,15-17,29-30H,13-14H2. The summed E-state index contributed by atoms with van der Waals surface area (Å²) in [6.07, 6.45) is 1.30. The van der Waals surface area contributed by atoms with Gasteiger partial charge in [0, 0.05) is 23.1 Å². The fourth-order valence-corrected chi connectivity index (χ4v) is 4.66. The van der Waals surface area contributed by atoms with E-state index in [0.717, 1.165) is 28.3 Å². The van der Waals surface area contributed by atoms with E-state index in [1.54, 1.807) is 0 Å². The Labute approximate surface area is 176 Å². The molecule has 0 fully saturated rings. The molecule has 0 heterocycles. The molecule has 0 saturated carbocycles. The maximum atomic E-state index is 14.2. The summed E-state index contributed by atoms with van der Waals surface area (Å²) < 4.78 is 27.5. The zero-order chi connectivity index (χ0) is 20.9. The molecular weight excluding hydrogens is 397 g/mol. The number of halogens is 2. The number of hydrogen-bond acceptors (Lipinski definition) is 1. The summed E-state index contributed by atoms with van der Waals surface area (Å²) in [7, 11) is -0.107. The van der Waals surface area contributed by atoms with Gasteiger partial charge in [0.25, 0.3) is 0 Å². The van der Waals surface area contributed by atoms with E-state index in [4.69, 9.17) is 0 Å². The molecule has 0 spiro atoms. The van der Waals surface area contributed by atoms with Crippen LogP contribution in [-0.2, 0) is 12.8 Å². The molecule has 150 valence electrons. The molecule has 0 saturated heterocycles. The Bertz CT molecular complexity index is 1140. The minimum absolute atomic E-state index is 0.107. The molecule has 1 atom stereocenters. The summed E-state index contributed by atoms with van der Waals surface area (Å²) >= 11 is 0. The van der Waals surface area contributed by atoms with Crippen molar-refractivity contribution in [1.29, 1.82) is 0 Å². The minimum atomic E-state index is -0.604. The Morgan fingerprint density at radius 2 is 1.27 bits per heavy atom. The van der Waals surface area contributed by atoms with Crippen molar-refractivity contribution in [3.8, 4) is 5.75 Å². The SMILES string of the molecule is Oc1c(Cc2ccccc2)cc(Cc2ccccc2)cc1Pc1ccc(F)cc1F. The Morgan fingerprint density at radius 3 is 1.90 bits per heavy atom. The molecule has 0 radical (unpaired) electrons. The average Bonchev–Trinajstić information content (AvgIpc) is 2.75. The van der Waals surface area contributed by atoms with Gasteiger partial charge in [-0.1, -0.05) is 75.3 Å². The molecule has 30 heavy (non-hydrogen) atoms. The van der Waals surface area contributed by atoms with Gasteiger partial charge in [0.1, 0.15) is 17.4 Å². The number of benzene rings is 4. The number of phenols is 1. The van der Waals surface area contributed by atoms with Crippen molar-refractivity contribution < 1.29 is 13.9 Å². The predicted molar refractivity (Wildman–Crippen MR) is 121 cm³/mol. The molecule has 0 aromatic heterocycles. The molecule has 4 rings (SSSR count). The van der Waals surface area contributed by atoms with Crippen LogP contribution in [0, 0.1) is 11.6 Å². The van der Waals surface area contributed by atoms with Crippen molar-refractivity contribution in [1.82, 2.24) is 0 Å². The first kappa shape index (κ1) is 20.3. The lowest BCUT2D eigenvalue weighted by Gasteiger charge is -2.14. The topological polar surface area (TPSA) is 20.2 Å². The van der Waals surface area contributed by atoms with Gasteiger partial charge >= 0.3 is 0 Å². The van der Waals surface area contributed by atoms with E-state index >= 15 is 0 Å². The maximum absolute atomic E-state index is 14.2. The molecule has 1 unspecified atom stereocenters. The highest BCUT2D eigenvalue weighted by atomic mass is 31.1. The summed E-state index contributed by atoms with van der Waals surface area (Å²) in [6, 6.07) is 27.6. The van der Waals surface area contributed by atoms with Crippen LogP contribution < -0.4 is 10.6 Å². The lowest BCUT2D eigenvalue weighted by molar-refractivity contribution is 0.474. The first-order valence-corrected chi connectivity index (χ1v) is 10.7. The smallest absolute Gasteiger partial charge is 0.133 e. The Morgan fingerprint density at radius 1 is 0.633 bits per heavy atom. The lowest BCUT2D eigenvalue weighted by Crippen LogP contribution is -2.11. The Hall–Kier alpha value is -3.03. The highest BCUT2D eigenvalue weighted by Gasteiger charge is 2.14. The third-order valence-electron chi connectivity index (χ3n) is 4.94. The van der Waals surface area contributed by atoms with Gasteiger partial charge in [0.15, 0.2) is 0 Å². The summed E-state index contributed by atoms with van der Waals surface area (Å²) in [5, 5.41) is 12.0. The zero-order valence-corrected chi connectivity index (χ0v) is 17.3. The van der Waals surface area contributed by atoms with Gasteiger partial charge in [-0.25, -0.2) is 8.78 Å². The fraction of sp³-hybridized carbons (Fsp3) is 0.0769. The van der Waals surface area contributed by atoms with Crippen LogP contribution in [0.3, 0.4) is 0 Å². The van der Waals surface area contributed by atoms with Crippen molar-refractivity contribution in [3.05, 3.63) is 125 Å². The van der Waals surface area contributed by atoms with Gasteiger partial charge < -0.3 is 5.11 Å². The third kappa shape index (κ3) is 4.93. The van der Waals surface area contributed by atoms with Crippen LogP contribution in [0.2, 0.25) is 0 Å². The molecule has 0 bridgehead atoms. The van der Waals surface area contributed by atoms with Gasteiger partial charge in [-0.2, -0.15) is 0 Å². The molecule has 1 N–H and O–H groups in total. The Kier molecular flexibility index (Phi) is 6.21. The van der Waals surface area contributed by atoms with Crippen molar-refractivity contribution in [2.45, 2.75) is 12.8 Å². The maximum Gasteiger partial charge on any atom is 0.133 e. The molecule has 4 heteroatoms. The highest BCUT2D eigenvalue weighted by molar-refractivity contribution is 7.55. The molecule has 1 nitrogen and oxygen atoms in total. The second-order valence-corrected chi connectivity index (χ2v) is 8.55. The first-order chi connectivity index (χ1) is 14.6. The van der Waals surface area contributed by atoms with Crippen LogP contribution in [0.15, 0.2) is 91.0 Å². The van der Waals surface area contributed by atoms with E-state index in [0.29, 0.717) is 23.5 Å². The van der Waals surface area contributed by atoms with Crippen LogP contribution in [0.5, 0.6) is 5.75 Å². The number of hydrogen-bond donors (Lipinski definition) is 1. The first-order valence-electron chi connectivity index (χ1n) is 9.73. The van der Waals surface area contributed by atoms with Crippen LogP contribution in [-0.4, -0.2) is 5.11 Å². The predicted octanol–water partition coefficient (Wildman–Crippen LogP) is 5.48. The summed E-state index contributed by atoms with van der Waals surface area (Å²) in [6.45, 7) is 0. The van der Waals surface area contributed by atoms with Crippen molar-refractivity contribution in [3.63, 3.8) is 0 Å². The molecule has 0 aliphatic rings. The van der Waals surface area contributed by atoms with E-state index in [1.807, 2.05) is 60.7 Å². The largest absolute Gasteiger partial charge is 0.507 e. The molecule has 4 aromatic rings. The Balaban J connectivity index is 1.73. The molecule has 4 aromatic carbocycles.